The molecule has 3 amide bonds. The van der Waals surface area contributed by atoms with E-state index in [1.54, 1.807) is 0 Å². The van der Waals surface area contributed by atoms with E-state index in [0.717, 1.165) is 6.26 Å². The zero-order valence-electron chi connectivity index (χ0n) is 9.99. The summed E-state index contributed by atoms with van der Waals surface area (Å²) < 4.78 is 9.45. The molecule has 2 rings (SSSR count). The van der Waals surface area contributed by atoms with Gasteiger partial charge in [-0.1, -0.05) is 0 Å². The number of non-ortho nitro benzene ring substituents is 1. The number of carbonyl (C=O) groups is 2. The predicted molar refractivity (Wildman–Crippen MR) is 65.4 cm³/mol. The van der Waals surface area contributed by atoms with E-state index in [9.17, 15) is 19.7 Å². The maximum atomic E-state index is 11.5. The molecule has 9 heteroatoms. The van der Waals surface area contributed by atoms with Crippen molar-refractivity contribution >= 4 is 23.3 Å². The third-order valence-corrected chi connectivity index (χ3v) is 2.26. The Hall–Kier alpha value is -3.10. The highest BCUT2D eigenvalue weighted by Crippen LogP contribution is 2.15. The fraction of sp³-hybridized carbons (Fsp3) is 0.0909. The summed E-state index contributed by atoms with van der Waals surface area (Å²) in [5, 5.41) is 14.8. The molecule has 0 unspecified atom stereocenters. The van der Waals surface area contributed by atoms with Gasteiger partial charge in [0.2, 0.25) is 12.6 Å². The van der Waals surface area contributed by atoms with E-state index in [2.05, 4.69) is 10.1 Å². The monoisotopic (exact) mass is 279 g/mol. The van der Waals surface area contributed by atoms with Crippen LogP contribution in [0.4, 0.5) is 16.2 Å². The van der Waals surface area contributed by atoms with Gasteiger partial charge in [0.15, 0.2) is 0 Å². The lowest BCUT2D eigenvalue weighted by molar-refractivity contribution is -0.384. The Bertz CT molecular complexity index is 580. The van der Waals surface area contributed by atoms with Crippen molar-refractivity contribution in [3.05, 3.63) is 46.4 Å². The van der Waals surface area contributed by atoms with Crippen LogP contribution < -0.4 is 10.6 Å². The number of urea groups is 1. The molecule has 1 aromatic rings. The largest absolute Gasteiger partial charge is 0.461 e. The van der Waals surface area contributed by atoms with E-state index < -0.39 is 16.9 Å². The lowest BCUT2D eigenvalue weighted by atomic mass is 10.3. The van der Waals surface area contributed by atoms with Gasteiger partial charge in [0.05, 0.1) is 4.92 Å². The molecule has 104 valence electrons. The predicted octanol–water partition coefficient (Wildman–Crippen LogP) is 1.09. The van der Waals surface area contributed by atoms with Crippen LogP contribution in [-0.2, 0) is 14.3 Å². The fourth-order valence-corrected chi connectivity index (χ4v) is 1.35. The quantitative estimate of drug-likeness (QED) is 0.631. The number of benzene rings is 1. The lowest BCUT2D eigenvalue weighted by Gasteiger charge is -2.06. The molecular formula is C11H9N3O6. The average molecular weight is 279 g/mol. The first-order chi connectivity index (χ1) is 9.56. The van der Waals surface area contributed by atoms with E-state index in [-0.39, 0.29) is 18.2 Å². The Balaban J connectivity index is 1.91. The number of carbonyl (C=O) groups excluding carboxylic acids is 2. The summed E-state index contributed by atoms with van der Waals surface area (Å²) in [5.41, 5.74) is 0.201. The second kappa shape index (κ2) is 5.69. The third kappa shape index (κ3) is 3.22. The first-order valence-corrected chi connectivity index (χ1v) is 5.37. The number of nitro groups is 1. The van der Waals surface area contributed by atoms with Crippen molar-refractivity contribution in [2.45, 2.75) is 0 Å². The molecule has 1 aliphatic heterocycles. The topological polar surface area (TPSA) is 120 Å². The molecule has 2 N–H and O–H groups in total. The van der Waals surface area contributed by atoms with Crippen molar-refractivity contribution in [2.75, 3.05) is 12.1 Å². The van der Waals surface area contributed by atoms with E-state index in [4.69, 9.17) is 4.74 Å². The zero-order chi connectivity index (χ0) is 14.5. The molecule has 0 aromatic heterocycles. The van der Waals surface area contributed by atoms with Crippen LogP contribution >= 0.6 is 0 Å². The number of nitro benzene ring substituents is 1. The highest BCUT2D eigenvalue weighted by Gasteiger charge is 2.18. The minimum absolute atomic E-state index is 0.0767. The average Bonchev–Trinajstić information content (AvgIpc) is 2.93. The molecule has 20 heavy (non-hydrogen) atoms. The van der Waals surface area contributed by atoms with Crippen LogP contribution in [-0.4, -0.2) is 23.7 Å². The fourth-order valence-electron chi connectivity index (χ4n) is 1.35. The highest BCUT2D eigenvalue weighted by molar-refractivity contribution is 6.06. The SMILES string of the molecule is O=C(NC(=O)C1=COCO1)Nc1ccc([N+](=O)[O-])cc1. The van der Waals surface area contributed by atoms with Crippen LogP contribution in [0.2, 0.25) is 0 Å². The number of hydrogen-bond acceptors (Lipinski definition) is 6. The van der Waals surface area contributed by atoms with E-state index in [1.807, 2.05) is 5.32 Å². The van der Waals surface area contributed by atoms with Crippen LogP contribution in [0, 0.1) is 10.1 Å². The van der Waals surface area contributed by atoms with Crippen LogP contribution in [0.5, 0.6) is 0 Å². The first kappa shape index (κ1) is 13.3. The third-order valence-electron chi connectivity index (χ3n) is 2.26. The minimum Gasteiger partial charge on any atom is -0.461 e. The van der Waals surface area contributed by atoms with Gasteiger partial charge in [0.1, 0.15) is 6.26 Å². The van der Waals surface area contributed by atoms with Crippen LogP contribution in [0.25, 0.3) is 0 Å². The summed E-state index contributed by atoms with van der Waals surface area (Å²) in [6.07, 6.45) is 1.09. The minimum atomic E-state index is -0.791. The number of hydrogen-bond donors (Lipinski definition) is 2. The van der Waals surface area contributed by atoms with Crippen molar-refractivity contribution in [1.82, 2.24) is 5.32 Å². The number of anilines is 1. The second-order valence-corrected chi connectivity index (χ2v) is 3.62. The smallest absolute Gasteiger partial charge is 0.326 e. The summed E-state index contributed by atoms with van der Waals surface area (Å²) in [5.74, 6) is -0.856. The van der Waals surface area contributed by atoms with Gasteiger partial charge in [0.25, 0.3) is 11.6 Å². The number of nitrogens with zero attached hydrogens (tertiary/aromatic N) is 1. The molecule has 0 saturated heterocycles. The molecule has 0 atom stereocenters. The number of amides is 3. The summed E-state index contributed by atoms with van der Waals surface area (Å²) in [6.45, 7) is -0.0767. The zero-order valence-corrected chi connectivity index (χ0v) is 9.99. The van der Waals surface area contributed by atoms with Crippen molar-refractivity contribution < 1.29 is 24.0 Å². The number of imide groups is 1. The molecule has 0 bridgehead atoms. The summed E-state index contributed by atoms with van der Waals surface area (Å²) >= 11 is 0. The molecule has 0 fully saturated rings. The van der Waals surface area contributed by atoms with Crippen molar-refractivity contribution in [3.8, 4) is 0 Å². The Labute approximate surface area is 112 Å². The summed E-state index contributed by atoms with van der Waals surface area (Å²) in [4.78, 5) is 32.9. The van der Waals surface area contributed by atoms with Crippen LogP contribution in [0.3, 0.4) is 0 Å². The van der Waals surface area contributed by atoms with Gasteiger partial charge in [-0.3, -0.25) is 20.2 Å². The number of ether oxygens (including phenoxy) is 2. The molecule has 0 spiro atoms. The summed E-state index contributed by atoms with van der Waals surface area (Å²) in [6, 6.07) is 4.36. The van der Waals surface area contributed by atoms with Crippen molar-refractivity contribution in [1.29, 1.82) is 0 Å². The standard InChI is InChI=1S/C11H9N3O6/c15-10(9-5-19-6-20-9)13-11(16)12-7-1-3-8(4-2-7)14(17)18/h1-5H,6H2,(H2,12,13,15,16). The second-order valence-electron chi connectivity index (χ2n) is 3.62. The maximum Gasteiger partial charge on any atom is 0.326 e. The molecule has 9 nitrogen and oxygen atoms in total. The Morgan fingerprint density at radius 1 is 1.25 bits per heavy atom. The van der Waals surface area contributed by atoms with Gasteiger partial charge in [-0.15, -0.1) is 0 Å². The van der Waals surface area contributed by atoms with Gasteiger partial charge in [-0.05, 0) is 12.1 Å². The Kier molecular flexibility index (Phi) is 3.80. The van der Waals surface area contributed by atoms with E-state index in [0.29, 0.717) is 5.69 Å². The summed E-state index contributed by atoms with van der Waals surface area (Å²) in [7, 11) is 0. The van der Waals surface area contributed by atoms with Crippen molar-refractivity contribution in [2.24, 2.45) is 0 Å². The number of rotatable bonds is 3. The number of nitrogens with one attached hydrogen (secondary N) is 2. The van der Waals surface area contributed by atoms with E-state index >= 15 is 0 Å². The first-order valence-electron chi connectivity index (χ1n) is 5.37. The van der Waals surface area contributed by atoms with Gasteiger partial charge < -0.3 is 14.8 Å². The molecule has 0 saturated carbocycles. The van der Waals surface area contributed by atoms with Crippen LogP contribution in [0.1, 0.15) is 0 Å². The lowest BCUT2D eigenvalue weighted by Crippen LogP contribution is -2.35. The normalized spacial score (nSPS) is 12.7. The van der Waals surface area contributed by atoms with Gasteiger partial charge in [-0.2, -0.15) is 0 Å². The van der Waals surface area contributed by atoms with Crippen molar-refractivity contribution in [3.63, 3.8) is 0 Å². The van der Waals surface area contributed by atoms with Gasteiger partial charge >= 0.3 is 6.03 Å². The van der Waals surface area contributed by atoms with Gasteiger partial charge in [-0.25, -0.2) is 4.79 Å². The van der Waals surface area contributed by atoms with E-state index in [1.165, 1.54) is 24.3 Å². The molecule has 0 radical (unpaired) electrons. The Morgan fingerprint density at radius 2 is 1.95 bits per heavy atom. The molecule has 1 aromatic carbocycles. The molecular weight excluding hydrogens is 270 g/mol. The van der Waals surface area contributed by atoms with Gasteiger partial charge in [0, 0.05) is 17.8 Å². The molecule has 1 heterocycles. The molecule has 1 aliphatic rings. The highest BCUT2D eigenvalue weighted by atomic mass is 16.7. The Morgan fingerprint density at radius 3 is 2.50 bits per heavy atom. The molecule has 0 aliphatic carbocycles. The van der Waals surface area contributed by atoms with Crippen LogP contribution in [0.15, 0.2) is 36.3 Å². The maximum absolute atomic E-state index is 11.5.